The van der Waals surface area contributed by atoms with E-state index in [4.69, 9.17) is 9.47 Å². The Balaban J connectivity index is 1.57. The number of rotatable bonds is 7. The molecule has 0 saturated carbocycles. The third-order valence-electron chi connectivity index (χ3n) is 4.09. The molecule has 0 atom stereocenters. The molecule has 6 nitrogen and oxygen atoms in total. The average molecular weight is 414 g/mol. The van der Waals surface area contributed by atoms with Crippen LogP contribution in [0.4, 0.5) is 4.39 Å². The molecule has 1 amide bonds. The van der Waals surface area contributed by atoms with Crippen molar-refractivity contribution in [2.45, 2.75) is 13.5 Å². The fourth-order valence-corrected chi connectivity index (χ4v) is 3.49. The van der Waals surface area contributed by atoms with Crippen LogP contribution in [0.2, 0.25) is 0 Å². The van der Waals surface area contributed by atoms with E-state index in [2.05, 4.69) is 10.3 Å². The minimum atomic E-state index is -0.624. The predicted octanol–water partition coefficient (Wildman–Crippen LogP) is 3.74. The summed E-state index contributed by atoms with van der Waals surface area (Å²) in [5.74, 6) is -0.820. The standard InChI is InChI=1S/C21H19FN2O4S/c1-13-19(29-20(24-13)14-7-9-16(27-2)10-8-14)21(26)28-12-18(25)23-11-15-5-3-4-6-17(15)22/h3-10H,11-12H2,1-2H3,(H,23,25). The van der Waals surface area contributed by atoms with Gasteiger partial charge in [-0.2, -0.15) is 0 Å². The van der Waals surface area contributed by atoms with Crippen molar-refractivity contribution in [3.8, 4) is 16.3 Å². The highest BCUT2D eigenvalue weighted by molar-refractivity contribution is 7.17. The minimum absolute atomic E-state index is 0.0181. The largest absolute Gasteiger partial charge is 0.497 e. The number of nitrogens with one attached hydrogen (secondary N) is 1. The van der Waals surface area contributed by atoms with Crippen LogP contribution in [0.3, 0.4) is 0 Å². The van der Waals surface area contributed by atoms with Crippen LogP contribution in [-0.2, 0) is 16.1 Å². The number of halogens is 1. The molecule has 0 bridgehead atoms. The summed E-state index contributed by atoms with van der Waals surface area (Å²) in [6.45, 7) is 1.27. The number of benzene rings is 2. The van der Waals surface area contributed by atoms with Gasteiger partial charge < -0.3 is 14.8 Å². The fourth-order valence-electron chi connectivity index (χ4n) is 2.53. The van der Waals surface area contributed by atoms with E-state index < -0.39 is 24.3 Å². The molecule has 0 aliphatic heterocycles. The zero-order chi connectivity index (χ0) is 20.8. The van der Waals surface area contributed by atoms with Crippen LogP contribution in [0.5, 0.6) is 5.75 Å². The number of carbonyl (C=O) groups is 2. The highest BCUT2D eigenvalue weighted by atomic mass is 32.1. The summed E-state index contributed by atoms with van der Waals surface area (Å²) in [7, 11) is 1.59. The van der Waals surface area contributed by atoms with Gasteiger partial charge in [0, 0.05) is 17.7 Å². The molecule has 1 heterocycles. The number of hydrogen-bond donors (Lipinski definition) is 1. The maximum absolute atomic E-state index is 13.6. The third kappa shape index (κ3) is 5.17. The first-order valence-corrected chi connectivity index (χ1v) is 9.58. The van der Waals surface area contributed by atoms with E-state index in [0.29, 0.717) is 21.1 Å². The van der Waals surface area contributed by atoms with Gasteiger partial charge in [0.25, 0.3) is 5.91 Å². The molecular weight excluding hydrogens is 395 g/mol. The second kappa shape index (κ2) is 9.29. The number of ether oxygens (including phenoxy) is 2. The summed E-state index contributed by atoms with van der Waals surface area (Å²) >= 11 is 1.19. The Kier molecular flexibility index (Phi) is 6.56. The van der Waals surface area contributed by atoms with Crippen LogP contribution in [-0.4, -0.2) is 30.6 Å². The maximum Gasteiger partial charge on any atom is 0.350 e. The minimum Gasteiger partial charge on any atom is -0.497 e. The molecule has 8 heteroatoms. The molecule has 0 fully saturated rings. The van der Waals surface area contributed by atoms with Gasteiger partial charge in [-0.05, 0) is 37.3 Å². The highest BCUT2D eigenvalue weighted by Crippen LogP contribution is 2.29. The summed E-state index contributed by atoms with van der Waals surface area (Å²) in [6.07, 6.45) is 0. The molecule has 150 valence electrons. The first-order valence-electron chi connectivity index (χ1n) is 8.77. The Morgan fingerprint density at radius 1 is 1.14 bits per heavy atom. The van der Waals surface area contributed by atoms with Crippen molar-refractivity contribution in [2.75, 3.05) is 13.7 Å². The lowest BCUT2D eigenvalue weighted by Crippen LogP contribution is -2.28. The number of aromatic nitrogens is 1. The summed E-state index contributed by atoms with van der Waals surface area (Å²) in [4.78, 5) is 29.0. The van der Waals surface area contributed by atoms with Crippen LogP contribution in [0, 0.1) is 12.7 Å². The van der Waals surface area contributed by atoms with Crippen LogP contribution in [0.15, 0.2) is 48.5 Å². The van der Waals surface area contributed by atoms with Gasteiger partial charge in [-0.3, -0.25) is 4.79 Å². The van der Waals surface area contributed by atoms with Crippen molar-refractivity contribution in [2.24, 2.45) is 0 Å². The van der Waals surface area contributed by atoms with Gasteiger partial charge in [0.05, 0.1) is 12.8 Å². The lowest BCUT2D eigenvalue weighted by atomic mass is 10.2. The molecule has 2 aromatic carbocycles. The average Bonchev–Trinajstić information content (AvgIpc) is 3.13. The van der Waals surface area contributed by atoms with Gasteiger partial charge in [0.15, 0.2) is 6.61 Å². The van der Waals surface area contributed by atoms with E-state index >= 15 is 0 Å². The molecule has 29 heavy (non-hydrogen) atoms. The molecule has 0 aliphatic rings. The highest BCUT2D eigenvalue weighted by Gasteiger charge is 2.19. The van der Waals surface area contributed by atoms with Crippen molar-refractivity contribution in [3.05, 3.63) is 70.5 Å². The van der Waals surface area contributed by atoms with E-state index in [9.17, 15) is 14.0 Å². The summed E-state index contributed by atoms with van der Waals surface area (Å²) in [5, 5.41) is 3.19. The lowest BCUT2D eigenvalue weighted by molar-refractivity contribution is -0.124. The van der Waals surface area contributed by atoms with Crippen molar-refractivity contribution in [3.63, 3.8) is 0 Å². The van der Waals surface area contributed by atoms with Crippen LogP contribution < -0.4 is 10.1 Å². The molecule has 0 saturated heterocycles. The van der Waals surface area contributed by atoms with E-state index in [1.54, 1.807) is 32.2 Å². The van der Waals surface area contributed by atoms with Crippen LogP contribution in [0.25, 0.3) is 10.6 Å². The molecule has 0 radical (unpaired) electrons. The lowest BCUT2D eigenvalue weighted by Gasteiger charge is -2.07. The molecule has 3 rings (SSSR count). The topological polar surface area (TPSA) is 77.5 Å². The van der Waals surface area contributed by atoms with Crippen molar-refractivity contribution in [1.82, 2.24) is 10.3 Å². The van der Waals surface area contributed by atoms with Crippen molar-refractivity contribution >= 4 is 23.2 Å². The smallest absolute Gasteiger partial charge is 0.350 e. The van der Waals surface area contributed by atoms with E-state index in [1.165, 1.54) is 17.4 Å². The number of thiazole rings is 1. The molecule has 3 aromatic rings. The Hall–Kier alpha value is -3.26. The molecule has 0 unspecified atom stereocenters. The number of carbonyl (C=O) groups excluding carboxylic acids is 2. The second-order valence-electron chi connectivity index (χ2n) is 6.11. The van der Waals surface area contributed by atoms with Gasteiger partial charge in [-0.25, -0.2) is 14.2 Å². The molecule has 1 aromatic heterocycles. The Labute approximate surface area is 171 Å². The number of aryl methyl sites for hydroxylation is 1. The molecule has 0 spiro atoms. The predicted molar refractivity (Wildman–Crippen MR) is 107 cm³/mol. The first-order chi connectivity index (χ1) is 14.0. The number of nitrogens with zero attached hydrogens (tertiary/aromatic N) is 1. The van der Waals surface area contributed by atoms with E-state index in [0.717, 1.165) is 11.3 Å². The van der Waals surface area contributed by atoms with Crippen LogP contribution >= 0.6 is 11.3 Å². The monoisotopic (exact) mass is 414 g/mol. The molecule has 0 aliphatic carbocycles. The Morgan fingerprint density at radius 2 is 1.86 bits per heavy atom. The zero-order valence-electron chi connectivity index (χ0n) is 15.9. The maximum atomic E-state index is 13.6. The van der Waals surface area contributed by atoms with Gasteiger partial charge >= 0.3 is 5.97 Å². The Morgan fingerprint density at radius 3 is 2.55 bits per heavy atom. The first kappa shape index (κ1) is 20.5. The summed E-state index contributed by atoms with van der Waals surface area (Å²) < 4.78 is 23.8. The van der Waals surface area contributed by atoms with Gasteiger partial charge in [-0.15, -0.1) is 11.3 Å². The van der Waals surface area contributed by atoms with Gasteiger partial charge in [0.2, 0.25) is 0 Å². The fraction of sp³-hybridized carbons (Fsp3) is 0.190. The molecular formula is C21H19FN2O4S. The number of hydrogen-bond acceptors (Lipinski definition) is 6. The summed E-state index contributed by atoms with van der Waals surface area (Å²) in [6, 6.07) is 13.5. The number of amides is 1. The van der Waals surface area contributed by atoms with E-state index in [-0.39, 0.29) is 6.54 Å². The number of methoxy groups -OCH3 is 1. The van der Waals surface area contributed by atoms with Gasteiger partial charge in [-0.1, -0.05) is 18.2 Å². The number of esters is 1. The van der Waals surface area contributed by atoms with Crippen molar-refractivity contribution in [1.29, 1.82) is 0 Å². The van der Waals surface area contributed by atoms with E-state index in [1.807, 2.05) is 24.3 Å². The second-order valence-corrected chi connectivity index (χ2v) is 7.11. The zero-order valence-corrected chi connectivity index (χ0v) is 16.7. The quantitative estimate of drug-likeness (QED) is 0.596. The van der Waals surface area contributed by atoms with Crippen molar-refractivity contribution < 1.29 is 23.5 Å². The molecule has 1 N–H and O–H groups in total. The summed E-state index contributed by atoms with van der Waals surface area (Å²) in [5.41, 5.74) is 1.73. The SMILES string of the molecule is COc1ccc(-c2nc(C)c(C(=O)OCC(=O)NCc3ccccc3F)s2)cc1. The van der Waals surface area contributed by atoms with Gasteiger partial charge in [0.1, 0.15) is 21.5 Å². The van der Waals surface area contributed by atoms with Crippen LogP contribution in [0.1, 0.15) is 20.9 Å². The normalized spacial score (nSPS) is 10.4. The third-order valence-corrected chi connectivity index (χ3v) is 5.27. The Bertz CT molecular complexity index is 1020.